The van der Waals surface area contributed by atoms with Gasteiger partial charge in [-0.2, -0.15) is 0 Å². The standard InChI is InChI=1S/C12H22O/c1-6-11(3)9-8-10-12(4,5)13-7-2/h6,8,10H,7,9H2,1-5H3. The van der Waals surface area contributed by atoms with Crippen LogP contribution in [-0.4, -0.2) is 12.2 Å². The summed E-state index contributed by atoms with van der Waals surface area (Å²) in [5.74, 6) is 0. The second kappa shape index (κ2) is 5.98. The van der Waals surface area contributed by atoms with Gasteiger partial charge in [-0.15, -0.1) is 0 Å². The molecule has 0 heterocycles. The summed E-state index contributed by atoms with van der Waals surface area (Å²) in [5.41, 5.74) is 1.27. The Morgan fingerprint density at radius 3 is 2.46 bits per heavy atom. The maximum atomic E-state index is 5.54. The van der Waals surface area contributed by atoms with Gasteiger partial charge in [0.05, 0.1) is 5.60 Å². The first-order valence-corrected chi connectivity index (χ1v) is 4.95. The lowest BCUT2D eigenvalue weighted by molar-refractivity contribution is 0.0284. The third-order valence-corrected chi connectivity index (χ3v) is 1.97. The highest BCUT2D eigenvalue weighted by molar-refractivity contribution is 5.06. The summed E-state index contributed by atoms with van der Waals surface area (Å²) in [7, 11) is 0. The van der Waals surface area contributed by atoms with E-state index in [2.05, 4.69) is 45.9 Å². The predicted octanol–water partition coefficient (Wildman–Crippen LogP) is 3.71. The Morgan fingerprint density at radius 2 is 2.00 bits per heavy atom. The summed E-state index contributed by atoms with van der Waals surface area (Å²) in [4.78, 5) is 0. The van der Waals surface area contributed by atoms with Crippen LogP contribution in [0.3, 0.4) is 0 Å². The summed E-state index contributed by atoms with van der Waals surface area (Å²) in [6.07, 6.45) is 7.46. The van der Waals surface area contributed by atoms with Crippen molar-refractivity contribution < 1.29 is 4.74 Å². The molecule has 0 saturated heterocycles. The highest BCUT2D eigenvalue weighted by Crippen LogP contribution is 2.12. The lowest BCUT2D eigenvalue weighted by atomic mass is 10.1. The molecule has 1 nitrogen and oxygen atoms in total. The van der Waals surface area contributed by atoms with Crippen molar-refractivity contribution in [3.63, 3.8) is 0 Å². The van der Waals surface area contributed by atoms with Gasteiger partial charge in [0.2, 0.25) is 0 Å². The Hall–Kier alpha value is -0.560. The van der Waals surface area contributed by atoms with Gasteiger partial charge in [0.15, 0.2) is 0 Å². The highest BCUT2D eigenvalue weighted by atomic mass is 16.5. The third-order valence-electron chi connectivity index (χ3n) is 1.97. The van der Waals surface area contributed by atoms with Crippen molar-refractivity contribution >= 4 is 0 Å². The van der Waals surface area contributed by atoms with Crippen LogP contribution in [0.2, 0.25) is 0 Å². The molecule has 0 aromatic heterocycles. The molecule has 0 aliphatic heterocycles. The van der Waals surface area contributed by atoms with Crippen molar-refractivity contribution in [1.29, 1.82) is 0 Å². The molecule has 0 aliphatic carbocycles. The molecule has 0 bridgehead atoms. The second-order valence-electron chi connectivity index (χ2n) is 3.78. The zero-order chi connectivity index (χ0) is 10.3. The lowest BCUT2D eigenvalue weighted by Crippen LogP contribution is -2.20. The average Bonchev–Trinajstić information content (AvgIpc) is 2.03. The number of hydrogen-bond acceptors (Lipinski definition) is 1. The fraction of sp³-hybridized carbons (Fsp3) is 0.667. The monoisotopic (exact) mass is 182 g/mol. The van der Waals surface area contributed by atoms with Crippen LogP contribution >= 0.6 is 0 Å². The summed E-state index contributed by atoms with van der Waals surface area (Å²) in [6.45, 7) is 11.2. The molecule has 0 rings (SSSR count). The van der Waals surface area contributed by atoms with E-state index in [0.717, 1.165) is 13.0 Å². The van der Waals surface area contributed by atoms with Gasteiger partial charge in [-0.1, -0.05) is 23.8 Å². The average molecular weight is 182 g/mol. The Bertz CT molecular complexity index is 187. The van der Waals surface area contributed by atoms with Crippen molar-refractivity contribution in [2.24, 2.45) is 0 Å². The van der Waals surface area contributed by atoms with Gasteiger partial charge < -0.3 is 4.74 Å². The van der Waals surface area contributed by atoms with E-state index < -0.39 is 0 Å². The van der Waals surface area contributed by atoms with Crippen molar-refractivity contribution in [3.8, 4) is 0 Å². The third kappa shape index (κ3) is 6.59. The maximum absolute atomic E-state index is 5.54. The van der Waals surface area contributed by atoms with E-state index in [-0.39, 0.29) is 5.60 Å². The minimum Gasteiger partial charge on any atom is -0.372 e. The van der Waals surface area contributed by atoms with Gasteiger partial charge in [0.25, 0.3) is 0 Å². The quantitative estimate of drug-likeness (QED) is 0.589. The SMILES string of the molecule is CC=C(C)CC=CC(C)(C)OCC. The van der Waals surface area contributed by atoms with E-state index in [9.17, 15) is 0 Å². The smallest absolute Gasteiger partial charge is 0.0806 e. The van der Waals surface area contributed by atoms with E-state index in [0.29, 0.717) is 0 Å². The van der Waals surface area contributed by atoms with Gasteiger partial charge in [-0.05, 0) is 41.0 Å². The summed E-state index contributed by atoms with van der Waals surface area (Å²) >= 11 is 0. The van der Waals surface area contributed by atoms with Crippen LogP contribution in [-0.2, 0) is 4.74 Å². The molecule has 13 heavy (non-hydrogen) atoms. The lowest BCUT2D eigenvalue weighted by Gasteiger charge is -2.19. The normalized spacial score (nSPS) is 14.1. The summed E-state index contributed by atoms with van der Waals surface area (Å²) in [5, 5.41) is 0. The van der Waals surface area contributed by atoms with Crippen molar-refractivity contribution in [3.05, 3.63) is 23.8 Å². The van der Waals surface area contributed by atoms with Gasteiger partial charge in [-0.3, -0.25) is 0 Å². The van der Waals surface area contributed by atoms with E-state index in [1.807, 2.05) is 6.92 Å². The molecule has 0 aliphatic rings. The van der Waals surface area contributed by atoms with Crippen LogP contribution in [0.4, 0.5) is 0 Å². The molecule has 0 amide bonds. The molecule has 0 N–H and O–H groups in total. The molecule has 0 radical (unpaired) electrons. The minimum absolute atomic E-state index is 0.122. The fourth-order valence-corrected chi connectivity index (χ4v) is 1.07. The zero-order valence-corrected chi connectivity index (χ0v) is 9.55. The Morgan fingerprint density at radius 1 is 1.38 bits per heavy atom. The van der Waals surface area contributed by atoms with Gasteiger partial charge in [-0.25, -0.2) is 0 Å². The van der Waals surface area contributed by atoms with Crippen LogP contribution in [0, 0.1) is 0 Å². The summed E-state index contributed by atoms with van der Waals surface area (Å²) in [6, 6.07) is 0. The van der Waals surface area contributed by atoms with Crippen molar-refractivity contribution in [1.82, 2.24) is 0 Å². The maximum Gasteiger partial charge on any atom is 0.0806 e. The highest BCUT2D eigenvalue weighted by Gasteiger charge is 2.11. The molecule has 1 heteroatoms. The Labute approximate surface area is 82.5 Å². The van der Waals surface area contributed by atoms with Crippen molar-refractivity contribution in [2.45, 2.75) is 46.6 Å². The fourth-order valence-electron chi connectivity index (χ4n) is 1.07. The van der Waals surface area contributed by atoms with E-state index in [4.69, 9.17) is 4.74 Å². The van der Waals surface area contributed by atoms with Crippen LogP contribution in [0.15, 0.2) is 23.8 Å². The zero-order valence-electron chi connectivity index (χ0n) is 9.55. The molecule has 0 unspecified atom stereocenters. The van der Waals surface area contributed by atoms with Gasteiger partial charge in [0.1, 0.15) is 0 Å². The minimum atomic E-state index is -0.122. The molecule has 0 atom stereocenters. The Balaban J connectivity index is 3.96. The largest absolute Gasteiger partial charge is 0.372 e. The van der Waals surface area contributed by atoms with Crippen LogP contribution in [0.5, 0.6) is 0 Å². The molecule has 0 saturated carbocycles. The van der Waals surface area contributed by atoms with Crippen LogP contribution < -0.4 is 0 Å². The number of ether oxygens (including phenoxy) is 1. The molecule has 0 aromatic carbocycles. The molecule has 0 aromatic rings. The van der Waals surface area contributed by atoms with Gasteiger partial charge in [0, 0.05) is 6.61 Å². The number of hydrogen-bond donors (Lipinski definition) is 0. The summed E-state index contributed by atoms with van der Waals surface area (Å²) < 4.78 is 5.54. The number of allylic oxidation sites excluding steroid dienone is 3. The van der Waals surface area contributed by atoms with E-state index in [1.54, 1.807) is 0 Å². The van der Waals surface area contributed by atoms with E-state index in [1.165, 1.54) is 5.57 Å². The number of rotatable bonds is 5. The van der Waals surface area contributed by atoms with Crippen LogP contribution in [0.1, 0.15) is 41.0 Å². The van der Waals surface area contributed by atoms with Crippen LogP contribution in [0.25, 0.3) is 0 Å². The second-order valence-corrected chi connectivity index (χ2v) is 3.78. The molecule has 0 fully saturated rings. The first-order chi connectivity index (χ1) is 6.02. The Kier molecular flexibility index (Phi) is 5.72. The van der Waals surface area contributed by atoms with Gasteiger partial charge >= 0.3 is 0 Å². The first-order valence-electron chi connectivity index (χ1n) is 4.95. The molecule has 76 valence electrons. The first kappa shape index (κ1) is 12.4. The molecule has 0 spiro atoms. The van der Waals surface area contributed by atoms with E-state index >= 15 is 0 Å². The molecular weight excluding hydrogens is 160 g/mol. The van der Waals surface area contributed by atoms with Crippen molar-refractivity contribution in [2.75, 3.05) is 6.61 Å². The molecular formula is C12H22O. The predicted molar refractivity (Wildman–Crippen MR) is 58.9 cm³/mol. The topological polar surface area (TPSA) is 9.23 Å².